The van der Waals surface area contributed by atoms with Crippen LogP contribution in [0.25, 0.3) is 0 Å². The van der Waals surface area contributed by atoms with Gasteiger partial charge in [-0.15, -0.1) is 0 Å². The van der Waals surface area contributed by atoms with Gasteiger partial charge in [0.25, 0.3) is 0 Å². The highest BCUT2D eigenvalue weighted by Gasteiger charge is 2.15. The van der Waals surface area contributed by atoms with Crippen LogP contribution in [-0.2, 0) is 9.59 Å². The second kappa shape index (κ2) is 6.86. The zero-order valence-corrected chi connectivity index (χ0v) is 6.87. The van der Waals surface area contributed by atoms with Crippen molar-refractivity contribution in [3.63, 3.8) is 0 Å². The first-order chi connectivity index (χ1) is 5.46. The molecule has 0 aromatic heterocycles. The third-order valence-corrected chi connectivity index (χ3v) is 1.37. The van der Waals surface area contributed by atoms with Gasteiger partial charge in [0, 0.05) is 0 Å². The third kappa shape index (κ3) is 4.91. The molecule has 0 aliphatic carbocycles. The molecule has 0 fully saturated rings. The minimum Gasteiger partial charge on any atom is -0.477 e. The maximum Gasteiger partial charge on any atom is 0.349 e. The van der Waals surface area contributed by atoms with Gasteiger partial charge < -0.3 is 10.2 Å². The van der Waals surface area contributed by atoms with E-state index < -0.39 is 22.0 Å². The number of halogens is 2. The number of rotatable bonds is 2. The van der Waals surface area contributed by atoms with Gasteiger partial charge in [0.1, 0.15) is 0 Å². The van der Waals surface area contributed by atoms with Gasteiger partial charge >= 0.3 is 11.9 Å². The fraction of sp³-hybridized carbons (Fsp3) is 0. The summed E-state index contributed by atoms with van der Waals surface area (Å²) < 4.78 is 0. The van der Waals surface area contributed by atoms with Crippen LogP contribution < -0.4 is 0 Å². The van der Waals surface area contributed by atoms with Crippen LogP contribution in [0.15, 0.2) is 10.1 Å². The molecule has 8 heteroatoms. The van der Waals surface area contributed by atoms with Crippen molar-refractivity contribution in [3.8, 4) is 0 Å². The molecule has 0 radical (unpaired) electrons. The van der Waals surface area contributed by atoms with Crippen molar-refractivity contribution in [2.75, 3.05) is 0 Å². The van der Waals surface area contributed by atoms with Crippen LogP contribution in [-0.4, -0.2) is 32.7 Å². The largest absolute Gasteiger partial charge is 0.477 e. The van der Waals surface area contributed by atoms with E-state index in [1.807, 2.05) is 0 Å². The van der Waals surface area contributed by atoms with Crippen molar-refractivity contribution in [1.82, 2.24) is 0 Å². The van der Waals surface area contributed by atoms with Gasteiger partial charge in [-0.2, -0.15) is 0 Å². The van der Waals surface area contributed by atoms with E-state index >= 15 is 0 Å². The van der Waals surface area contributed by atoms with E-state index in [1.165, 1.54) is 0 Å². The Morgan fingerprint density at radius 1 is 0.833 bits per heavy atom. The Kier molecular flexibility index (Phi) is 7.86. The van der Waals surface area contributed by atoms with E-state index in [-0.39, 0.29) is 0 Å². The van der Waals surface area contributed by atoms with Gasteiger partial charge in [0.05, 0.1) is 0 Å². The highest BCUT2D eigenvalue weighted by atomic mass is 35.5. The summed E-state index contributed by atoms with van der Waals surface area (Å²) >= 11 is 9.86. The van der Waals surface area contributed by atoms with E-state index in [0.29, 0.717) is 0 Å². The van der Waals surface area contributed by atoms with Crippen molar-refractivity contribution in [3.05, 3.63) is 10.1 Å². The minimum absolute atomic E-state index is 0.894. The number of hydrogen-bond donors (Lipinski definition) is 4. The SMILES string of the molecule is O=C(O)/C(Cl)=C(/Cl)C(=O)O.OO. The maximum absolute atomic E-state index is 9.91. The smallest absolute Gasteiger partial charge is 0.349 e. The monoisotopic (exact) mass is 218 g/mol. The Balaban J connectivity index is 0. The van der Waals surface area contributed by atoms with Gasteiger partial charge in [-0.05, 0) is 0 Å². The zero-order valence-electron chi connectivity index (χ0n) is 5.36. The molecule has 0 spiro atoms. The zero-order chi connectivity index (χ0) is 10.3. The van der Waals surface area contributed by atoms with Crippen molar-refractivity contribution in [2.45, 2.75) is 0 Å². The Morgan fingerprint density at radius 3 is 1.08 bits per heavy atom. The highest BCUT2D eigenvalue weighted by molar-refractivity contribution is 6.52. The number of carboxylic acids is 2. The predicted molar refractivity (Wildman–Crippen MR) is 39.3 cm³/mol. The molecule has 0 aromatic rings. The van der Waals surface area contributed by atoms with Crippen LogP contribution in [0.5, 0.6) is 0 Å². The summed E-state index contributed by atoms with van der Waals surface area (Å²) in [6.07, 6.45) is 0. The highest BCUT2D eigenvalue weighted by Crippen LogP contribution is 2.13. The molecule has 6 nitrogen and oxygen atoms in total. The van der Waals surface area contributed by atoms with Gasteiger partial charge in [-0.25, -0.2) is 9.59 Å². The predicted octanol–water partition coefficient (Wildman–Crippen LogP) is 0.862. The first-order valence-electron chi connectivity index (χ1n) is 2.18. The van der Waals surface area contributed by atoms with E-state index in [0.717, 1.165) is 0 Å². The molecule has 70 valence electrons. The lowest BCUT2D eigenvalue weighted by molar-refractivity contribution is -0.176. The standard InChI is InChI=1S/C4H2Cl2O4.H2O2/c5-1(3(7)8)2(6)4(9)10;1-2/h(H,7,8)(H,9,10);1-2H/b2-1-;. The van der Waals surface area contributed by atoms with Gasteiger partial charge in [0.2, 0.25) is 0 Å². The normalized spacial score (nSPS) is 10.7. The van der Waals surface area contributed by atoms with Crippen LogP contribution in [0.3, 0.4) is 0 Å². The maximum atomic E-state index is 9.91. The molecule has 0 saturated carbocycles. The van der Waals surface area contributed by atoms with Crippen molar-refractivity contribution < 1.29 is 30.3 Å². The first-order valence-corrected chi connectivity index (χ1v) is 2.94. The van der Waals surface area contributed by atoms with Crippen molar-refractivity contribution in [1.29, 1.82) is 0 Å². The topological polar surface area (TPSA) is 115 Å². The molecule has 0 bridgehead atoms. The molecular formula is C4H4Cl2O6. The number of carboxylic acid groups (broad SMARTS) is 2. The molecule has 0 rings (SSSR count). The summed E-state index contributed by atoms with van der Waals surface area (Å²) in [4.78, 5) is 19.8. The minimum atomic E-state index is -1.56. The molecule has 4 N–H and O–H groups in total. The summed E-state index contributed by atoms with van der Waals surface area (Å²) in [6.45, 7) is 0. The fourth-order valence-corrected chi connectivity index (χ4v) is 0.349. The second-order valence-corrected chi connectivity index (χ2v) is 1.99. The van der Waals surface area contributed by atoms with E-state index in [1.54, 1.807) is 0 Å². The van der Waals surface area contributed by atoms with Crippen LogP contribution in [0.4, 0.5) is 0 Å². The third-order valence-electron chi connectivity index (χ3n) is 0.568. The molecule has 0 aromatic carbocycles. The van der Waals surface area contributed by atoms with Crippen molar-refractivity contribution in [2.24, 2.45) is 0 Å². The lowest BCUT2D eigenvalue weighted by Gasteiger charge is -1.90. The fourth-order valence-electron chi connectivity index (χ4n) is 0.188. The Morgan fingerprint density at radius 2 is 1.00 bits per heavy atom. The van der Waals surface area contributed by atoms with E-state index in [4.69, 9.17) is 43.9 Å². The average Bonchev–Trinajstić information content (AvgIpc) is 2.05. The summed E-state index contributed by atoms with van der Waals surface area (Å²) in [6, 6.07) is 0. The average molecular weight is 219 g/mol. The molecule has 12 heavy (non-hydrogen) atoms. The molecule has 0 unspecified atom stereocenters. The van der Waals surface area contributed by atoms with Crippen LogP contribution in [0.2, 0.25) is 0 Å². The van der Waals surface area contributed by atoms with Gasteiger partial charge in [0.15, 0.2) is 10.1 Å². The molecule has 0 amide bonds. The number of carbonyl (C=O) groups is 2. The van der Waals surface area contributed by atoms with Gasteiger partial charge in [-0.1, -0.05) is 23.2 Å². The van der Waals surface area contributed by atoms with E-state index in [9.17, 15) is 9.59 Å². The van der Waals surface area contributed by atoms with Gasteiger partial charge in [-0.3, -0.25) is 10.5 Å². The summed E-state index contributed by atoms with van der Waals surface area (Å²) in [5.41, 5.74) is 0. The van der Waals surface area contributed by atoms with E-state index in [2.05, 4.69) is 0 Å². The molecule has 0 saturated heterocycles. The molecule has 0 aliphatic rings. The summed E-state index contributed by atoms with van der Waals surface area (Å²) in [7, 11) is 0. The second-order valence-electron chi connectivity index (χ2n) is 1.24. The summed E-state index contributed by atoms with van der Waals surface area (Å²) in [5, 5.41) is 26.3. The molecule has 0 atom stereocenters. The Hall–Kier alpha value is -0.820. The van der Waals surface area contributed by atoms with Crippen LogP contribution in [0, 0.1) is 0 Å². The molecular weight excluding hydrogens is 215 g/mol. The van der Waals surface area contributed by atoms with Crippen molar-refractivity contribution >= 4 is 35.1 Å². The molecule has 0 heterocycles. The summed E-state index contributed by atoms with van der Waals surface area (Å²) in [5.74, 6) is -3.12. The lowest BCUT2D eigenvalue weighted by atomic mass is 10.5. The van der Waals surface area contributed by atoms with Crippen LogP contribution >= 0.6 is 23.2 Å². The molecule has 0 aliphatic heterocycles. The Bertz CT molecular complexity index is 188. The quantitative estimate of drug-likeness (QED) is 0.311. The first kappa shape index (κ1) is 13.7. The Labute approximate surface area is 76.2 Å². The number of hydrogen-bond acceptors (Lipinski definition) is 4. The lowest BCUT2D eigenvalue weighted by Crippen LogP contribution is -2.02. The van der Waals surface area contributed by atoms with Crippen LogP contribution in [0.1, 0.15) is 0 Å². The number of aliphatic carboxylic acids is 2.